The molecule has 0 aliphatic heterocycles. The Hall–Kier alpha value is -2.09. The Kier molecular flexibility index (Phi) is 7.91. The van der Waals surface area contributed by atoms with Gasteiger partial charge in [-0.2, -0.15) is 0 Å². The van der Waals surface area contributed by atoms with Crippen molar-refractivity contribution in [2.24, 2.45) is 0 Å². The maximum Gasteiger partial charge on any atom is 0.343 e. The van der Waals surface area contributed by atoms with Crippen LogP contribution in [0.5, 0.6) is 5.75 Å². The summed E-state index contributed by atoms with van der Waals surface area (Å²) in [7, 11) is 0. The third-order valence-corrected chi connectivity index (χ3v) is 6.48. The molecule has 0 spiro atoms. The highest BCUT2D eigenvalue weighted by molar-refractivity contribution is 5.91. The second-order valence-electron chi connectivity index (χ2n) is 8.66. The molecule has 0 atom stereocenters. The van der Waals surface area contributed by atoms with Crippen LogP contribution in [0.3, 0.4) is 0 Å². The summed E-state index contributed by atoms with van der Waals surface area (Å²) < 4.78 is 5.64. The molecule has 0 N–H and O–H groups in total. The molecule has 0 unspecified atom stereocenters. The van der Waals surface area contributed by atoms with Crippen LogP contribution in [0.4, 0.5) is 0 Å². The monoisotopic (exact) mass is 392 g/mol. The molecule has 0 aromatic heterocycles. The minimum atomic E-state index is -0.281. The quantitative estimate of drug-likeness (QED) is 0.249. The topological polar surface area (TPSA) is 26.3 Å². The maximum absolute atomic E-state index is 12.5. The van der Waals surface area contributed by atoms with Crippen LogP contribution in [0, 0.1) is 0 Å². The first-order valence-corrected chi connectivity index (χ1v) is 11.6. The number of rotatable bonds is 9. The first kappa shape index (κ1) is 21.6. The molecule has 0 amide bonds. The summed E-state index contributed by atoms with van der Waals surface area (Å²) in [5.74, 6) is 0.354. The molecule has 0 saturated heterocycles. The average molecular weight is 393 g/mol. The lowest BCUT2D eigenvalue weighted by Gasteiger charge is -2.38. The summed E-state index contributed by atoms with van der Waals surface area (Å²) in [6.45, 7) is 4.43. The first-order valence-electron chi connectivity index (χ1n) is 11.6. The lowest BCUT2D eigenvalue weighted by atomic mass is 9.66. The van der Waals surface area contributed by atoms with Gasteiger partial charge in [0.2, 0.25) is 0 Å². The van der Waals surface area contributed by atoms with E-state index >= 15 is 0 Å². The fourth-order valence-electron chi connectivity index (χ4n) is 4.76. The van der Waals surface area contributed by atoms with Gasteiger partial charge in [0.25, 0.3) is 0 Å². The lowest BCUT2D eigenvalue weighted by Crippen LogP contribution is -2.29. The van der Waals surface area contributed by atoms with Gasteiger partial charge < -0.3 is 4.74 Å². The Morgan fingerprint density at radius 1 is 0.862 bits per heavy atom. The highest BCUT2D eigenvalue weighted by Gasteiger charge is 2.33. The van der Waals surface area contributed by atoms with Crippen molar-refractivity contribution in [3.8, 4) is 5.75 Å². The molecule has 1 fully saturated rings. The third kappa shape index (κ3) is 5.72. The number of ether oxygens (including phenoxy) is 1. The summed E-state index contributed by atoms with van der Waals surface area (Å²) in [4.78, 5) is 12.5. The van der Waals surface area contributed by atoms with Gasteiger partial charge in [-0.3, -0.25) is 0 Å². The van der Waals surface area contributed by atoms with Gasteiger partial charge in [-0.25, -0.2) is 4.79 Å². The van der Waals surface area contributed by atoms with Gasteiger partial charge in [0, 0.05) is 0 Å². The average Bonchev–Trinajstić information content (AvgIpc) is 2.76. The minimum absolute atomic E-state index is 0.281. The van der Waals surface area contributed by atoms with Gasteiger partial charge in [0.1, 0.15) is 5.75 Å². The number of benzene rings is 2. The van der Waals surface area contributed by atoms with E-state index in [4.69, 9.17) is 4.74 Å². The number of unbranched alkanes of at least 4 members (excludes halogenated alkanes) is 2. The Morgan fingerprint density at radius 2 is 1.55 bits per heavy atom. The van der Waals surface area contributed by atoms with Gasteiger partial charge in [0.05, 0.1) is 5.56 Å². The normalized spacial score (nSPS) is 15.8. The van der Waals surface area contributed by atoms with E-state index in [0.717, 1.165) is 12.8 Å². The van der Waals surface area contributed by atoms with E-state index in [-0.39, 0.29) is 5.97 Å². The molecule has 2 heteroatoms. The number of carbonyl (C=O) groups is 1. The van der Waals surface area contributed by atoms with Crippen molar-refractivity contribution < 1.29 is 9.53 Å². The Labute approximate surface area is 176 Å². The second kappa shape index (κ2) is 10.6. The molecule has 2 aromatic rings. The SMILES string of the molecule is CCCCCC1(c2ccc(OC(=O)c3ccc(CCC)cc3)cc2)CCCCC1. The van der Waals surface area contributed by atoms with Crippen LogP contribution in [-0.2, 0) is 11.8 Å². The maximum atomic E-state index is 12.5. The standard InChI is InChI=1S/C27H36O2/c1-3-5-7-19-27(20-8-6-9-21-27)24-15-17-25(18-16-24)29-26(28)23-13-11-22(10-4-2)12-14-23/h11-18H,3-10,19-21H2,1-2H3. The molecule has 1 aliphatic carbocycles. The van der Waals surface area contributed by atoms with Crippen LogP contribution in [-0.4, -0.2) is 5.97 Å². The molecule has 1 saturated carbocycles. The molecular formula is C27H36O2. The summed E-state index contributed by atoms with van der Waals surface area (Å²) in [6.07, 6.45) is 13.9. The molecular weight excluding hydrogens is 356 g/mol. The Morgan fingerprint density at radius 3 is 2.17 bits per heavy atom. The van der Waals surface area contributed by atoms with Crippen molar-refractivity contribution in [2.45, 2.75) is 89.9 Å². The Balaban J connectivity index is 1.67. The minimum Gasteiger partial charge on any atom is -0.423 e. The first-order chi connectivity index (χ1) is 14.2. The van der Waals surface area contributed by atoms with Crippen LogP contribution >= 0.6 is 0 Å². The van der Waals surface area contributed by atoms with Crippen molar-refractivity contribution >= 4 is 5.97 Å². The van der Waals surface area contributed by atoms with Crippen LogP contribution in [0.2, 0.25) is 0 Å². The number of carbonyl (C=O) groups excluding carboxylic acids is 1. The van der Waals surface area contributed by atoms with E-state index in [1.807, 2.05) is 36.4 Å². The fourth-order valence-corrected chi connectivity index (χ4v) is 4.76. The lowest BCUT2D eigenvalue weighted by molar-refractivity contribution is 0.0734. The van der Waals surface area contributed by atoms with Crippen molar-refractivity contribution in [1.29, 1.82) is 0 Å². The molecule has 2 nitrogen and oxygen atoms in total. The van der Waals surface area contributed by atoms with Crippen molar-refractivity contribution in [3.05, 3.63) is 65.2 Å². The van der Waals surface area contributed by atoms with Crippen molar-refractivity contribution in [1.82, 2.24) is 0 Å². The molecule has 29 heavy (non-hydrogen) atoms. The Bertz CT molecular complexity index is 752. The highest BCUT2D eigenvalue weighted by atomic mass is 16.5. The number of hydrogen-bond donors (Lipinski definition) is 0. The number of aryl methyl sites for hydroxylation is 1. The van der Waals surface area contributed by atoms with E-state index in [2.05, 4.69) is 26.0 Å². The molecule has 1 aliphatic rings. The summed E-state index contributed by atoms with van der Waals surface area (Å²) in [6, 6.07) is 16.1. The van der Waals surface area contributed by atoms with Gasteiger partial charge >= 0.3 is 5.97 Å². The number of esters is 1. The highest BCUT2D eigenvalue weighted by Crippen LogP contribution is 2.43. The fraction of sp³-hybridized carbons (Fsp3) is 0.519. The molecule has 0 bridgehead atoms. The zero-order valence-corrected chi connectivity index (χ0v) is 18.2. The van der Waals surface area contributed by atoms with Crippen LogP contribution < -0.4 is 4.74 Å². The number of hydrogen-bond acceptors (Lipinski definition) is 2. The summed E-state index contributed by atoms with van der Waals surface area (Å²) in [5.41, 5.74) is 3.62. The molecule has 3 rings (SSSR count). The molecule has 2 aromatic carbocycles. The molecule has 156 valence electrons. The summed E-state index contributed by atoms with van der Waals surface area (Å²) >= 11 is 0. The zero-order chi connectivity index (χ0) is 20.5. The van der Waals surface area contributed by atoms with E-state index in [1.54, 1.807) is 0 Å². The summed E-state index contributed by atoms with van der Waals surface area (Å²) in [5, 5.41) is 0. The smallest absolute Gasteiger partial charge is 0.343 e. The van der Waals surface area contributed by atoms with Gasteiger partial charge in [-0.1, -0.05) is 83.1 Å². The van der Waals surface area contributed by atoms with Crippen LogP contribution in [0.25, 0.3) is 0 Å². The van der Waals surface area contributed by atoms with Crippen LogP contribution in [0.1, 0.15) is 99.5 Å². The van der Waals surface area contributed by atoms with Gasteiger partial charge in [-0.05, 0) is 66.5 Å². The molecule has 0 heterocycles. The van der Waals surface area contributed by atoms with Crippen molar-refractivity contribution in [3.63, 3.8) is 0 Å². The van der Waals surface area contributed by atoms with E-state index in [9.17, 15) is 4.79 Å². The molecule has 0 radical (unpaired) electrons. The van der Waals surface area contributed by atoms with E-state index < -0.39 is 0 Å². The van der Waals surface area contributed by atoms with E-state index in [1.165, 1.54) is 68.9 Å². The third-order valence-electron chi connectivity index (χ3n) is 6.48. The predicted molar refractivity (Wildman–Crippen MR) is 121 cm³/mol. The van der Waals surface area contributed by atoms with Crippen molar-refractivity contribution in [2.75, 3.05) is 0 Å². The largest absolute Gasteiger partial charge is 0.423 e. The second-order valence-corrected chi connectivity index (χ2v) is 8.66. The zero-order valence-electron chi connectivity index (χ0n) is 18.2. The van der Waals surface area contributed by atoms with E-state index in [0.29, 0.717) is 16.7 Å². The van der Waals surface area contributed by atoms with Gasteiger partial charge in [0.15, 0.2) is 0 Å². The predicted octanol–water partition coefficient (Wildman–Crippen LogP) is 7.64. The van der Waals surface area contributed by atoms with Crippen LogP contribution in [0.15, 0.2) is 48.5 Å². The van der Waals surface area contributed by atoms with Gasteiger partial charge in [-0.15, -0.1) is 0 Å².